The predicted octanol–water partition coefficient (Wildman–Crippen LogP) is 12.2. The van der Waals surface area contributed by atoms with Crippen molar-refractivity contribution in [2.24, 2.45) is 0 Å². The number of nitrogen functional groups attached to an aromatic ring is 1. The number of carbonyl (C=O) groups excluding carboxylic acids is 2. The van der Waals surface area contributed by atoms with Crippen molar-refractivity contribution in [2.45, 2.75) is 153 Å². The second kappa shape index (κ2) is 35.8. The van der Waals surface area contributed by atoms with Crippen LogP contribution < -0.4 is 53.1 Å². The van der Waals surface area contributed by atoms with Gasteiger partial charge in [-0.25, -0.2) is 55.9 Å². The highest BCUT2D eigenvalue weighted by Gasteiger charge is 2.33. The number of ether oxygens (including phenoxy) is 2. The van der Waals surface area contributed by atoms with Gasteiger partial charge in [0.25, 0.3) is 16.7 Å². The van der Waals surface area contributed by atoms with E-state index < -0.39 is 74.7 Å². The Morgan fingerprint density at radius 1 is 0.474 bits per heavy atom. The maximum Gasteiger partial charge on any atom is 0.410 e. The standard InChI is InChI=1S/C28H31F2N7O3.C23H23F2N7O.C15H21F2N3O2.C14H14N4O2S/c1-28(2,3)40-27(39)36-10-8-35(9-11-36)23-21(29)13-19(14-22(23)30)33-26-32-16-18-12-17(15-31)25(38)37(24(18)34-26)20-6-4-5-7-20;24-18-10-16(11-19(25)20(18)31-7-5-27-6-8-31)29-23-28-13-15-9-14(12-26)22(33)32(21(15)30-23)17-3-1-2-4-17;1-15(2,3)22-14(21)20-6-4-19(5-7-20)13-11(16)8-10(18)9-12(13)17;1-21(20)14-16-8-10-6-9(7-15)13(19)18(12(10)17-14)11-4-2-3-5-11/h12-14,16,20H,4-11H2,1-3H3,(H,32,33,34);9-11,13,17,27H,1-8H2,(H,28,29,30);8-9H,4-7,18H2,1-3H3;6,8,11H,2-5H2,1H3. The van der Waals surface area contributed by atoms with Gasteiger partial charge in [-0.1, -0.05) is 38.5 Å². The molecule has 0 bridgehead atoms. The summed E-state index contributed by atoms with van der Waals surface area (Å²) in [6, 6.07) is 17.2. The molecule has 2 amide bonds. The molecule has 1 unspecified atom stereocenters. The Kier molecular flexibility index (Phi) is 25.8. The van der Waals surface area contributed by atoms with E-state index in [4.69, 9.17) is 20.5 Å². The smallest absolute Gasteiger partial charge is 0.410 e. The number of pyridine rings is 3. The molecule has 3 saturated heterocycles. The molecule has 3 aliphatic heterocycles. The summed E-state index contributed by atoms with van der Waals surface area (Å²) >= 11 is 0. The van der Waals surface area contributed by atoms with Gasteiger partial charge in [-0.3, -0.25) is 32.3 Å². The molecule has 9 heterocycles. The first-order valence-corrected chi connectivity index (χ1v) is 39.9. The van der Waals surface area contributed by atoms with E-state index in [2.05, 4.69) is 45.9 Å². The molecule has 9 aromatic rings. The van der Waals surface area contributed by atoms with Crippen molar-refractivity contribution in [3.8, 4) is 18.2 Å². The first kappa shape index (κ1) is 83.5. The Labute approximate surface area is 666 Å². The van der Waals surface area contributed by atoms with Crippen LogP contribution >= 0.6 is 0 Å². The maximum absolute atomic E-state index is 15.2. The number of nitrogens with two attached hydrogens (primary N) is 1. The summed E-state index contributed by atoms with van der Waals surface area (Å²) in [6.07, 6.45) is 16.3. The highest BCUT2D eigenvalue weighted by atomic mass is 32.2. The normalized spacial score (nSPS) is 16.5. The van der Waals surface area contributed by atoms with E-state index in [9.17, 15) is 56.3 Å². The maximum atomic E-state index is 15.2. The number of aromatic nitrogens is 9. The molecular formula is C80H89F6N21O8S. The van der Waals surface area contributed by atoms with Gasteiger partial charge in [0.05, 0.1) is 10.8 Å². The van der Waals surface area contributed by atoms with Gasteiger partial charge in [-0.2, -0.15) is 25.8 Å². The summed E-state index contributed by atoms with van der Waals surface area (Å²) in [4.78, 5) is 96.4. The molecule has 3 aliphatic carbocycles. The molecule has 6 aromatic heterocycles. The van der Waals surface area contributed by atoms with Crippen molar-refractivity contribution in [2.75, 3.05) is 116 Å². The van der Waals surface area contributed by atoms with Crippen molar-refractivity contribution in [1.29, 1.82) is 15.8 Å². The number of nitriles is 3. The fraction of sp³-hybridized carbons (Fsp3) is 0.450. The van der Waals surface area contributed by atoms with Gasteiger partial charge >= 0.3 is 12.2 Å². The average Bonchev–Trinajstić information content (AvgIpc) is 1.13. The van der Waals surface area contributed by atoms with Crippen molar-refractivity contribution < 1.29 is 49.6 Å². The Morgan fingerprint density at radius 2 is 0.776 bits per heavy atom. The van der Waals surface area contributed by atoms with Crippen molar-refractivity contribution >= 4 is 102 Å². The van der Waals surface area contributed by atoms with Crippen LogP contribution in [0.15, 0.2) is 92.7 Å². The van der Waals surface area contributed by atoms with Gasteiger partial charge < -0.3 is 55.7 Å². The first-order chi connectivity index (χ1) is 55.4. The molecule has 5 N–H and O–H groups in total. The highest BCUT2D eigenvalue weighted by molar-refractivity contribution is 7.84. The van der Waals surface area contributed by atoms with Crippen molar-refractivity contribution in [3.05, 3.63) is 156 Å². The number of anilines is 8. The summed E-state index contributed by atoms with van der Waals surface area (Å²) in [5.41, 5.74) is 4.56. The molecular weight excluding hydrogens is 1530 g/mol. The largest absolute Gasteiger partial charge is 0.444 e. The first-order valence-electron chi connectivity index (χ1n) is 38.4. The minimum Gasteiger partial charge on any atom is -0.444 e. The third kappa shape index (κ3) is 19.3. The topological polar surface area (TPSA) is 363 Å². The molecule has 0 spiro atoms. The lowest BCUT2D eigenvalue weighted by molar-refractivity contribution is 0.0230. The third-order valence-corrected chi connectivity index (χ3v) is 21.2. The van der Waals surface area contributed by atoms with Crippen molar-refractivity contribution in [3.63, 3.8) is 0 Å². The Balaban J connectivity index is 0.000000148. The fourth-order valence-corrected chi connectivity index (χ4v) is 15.6. The zero-order valence-corrected chi connectivity index (χ0v) is 66.1. The van der Waals surface area contributed by atoms with Crippen LogP contribution in [0.1, 0.15) is 153 Å². The van der Waals surface area contributed by atoms with Crippen LogP contribution in [0.3, 0.4) is 0 Å². The zero-order chi connectivity index (χ0) is 83.0. The summed E-state index contributed by atoms with van der Waals surface area (Å²) < 4.78 is 115. The minimum absolute atomic E-state index is 0.0235. The summed E-state index contributed by atoms with van der Waals surface area (Å²) in [6.45, 7) is 15.5. The van der Waals surface area contributed by atoms with E-state index in [-0.39, 0.29) is 123 Å². The molecule has 6 fully saturated rings. The minimum atomic E-state index is -1.31. The zero-order valence-electron chi connectivity index (χ0n) is 65.3. The Hall–Kier alpha value is -12.0. The van der Waals surface area contributed by atoms with E-state index in [1.54, 1.807) is 69.9 Å². The number of nitrogens with zero attached hydrogens (tertiary/aromatic N) is 17. The third-order valence-electron chi connectivity index (χ3n) is 20.5. The Bertz CT molecular complexity index is 5490. The number of carbonyl (C=O) groups is 2. The lowest BCUT2D eigenvalue weighted by Crippen LogP contribution is -2.50. The molecule has 610 valence electrons. The predicted molar refractivity (Wildman–Crippen MR) is 426 cm³/mol. The second-order valence-electron chi connectivity index (χ2n) is 31.0. The molecule has 29 nitrogen and oxygen atoms in total. The van der Waals surface area contributed by atoms with Gasteiger partial charge in [0, 0.05) is 155 Å². The lowest BCUT2D eigenvalue weighted by atomic mass is 10.2. The van der Waals surface area contributed by atoms with Crippen LogP contribution in [-0.2, 0) is 20.3 Å². The highest BCUT2D eigenvalue weighted by Crippen LogP contribution is 2.37. The van der Waals surface area contributed by atoms with E-state index >= 15 is 8.78 Å². The number of fused-ring (bicyclic) bond motifs is 3. The van der Waals surface area contributed by atoms with Crippen molar-refractivity contribution in [1.82, 2.24) is 58.7 Å². The van der Waals surface area contributed by atoms with E-state index in [0.29, 0.717) is 85.5 Å². The molecule has 36 heteroatoms. The van der Waals surface area contributed by atoms with Gasteiger partial charge in [0.1, 0.15) is 80.1 Å². The quantitative estimate of drug-likeness (QED) is 0.0531. The van der Waals surface area contributed by atoms with E-state index in [1.807, 2.05) is 18.2 Å². The van der Waals surface area contributed by atoms with Gasteiger partial charge in [0.15, 0.2) is 34.9 Å². The molecule has 3 saturated carbocycles. The molecule has 6 aliphatic rings. The number of halogens is 6. The SMILES string of the molecule is CC(C)(C)OC(=O)N1CCN(c2c(F)cc(N)cc2F)CC1.CC(C)(C)OC(=O)N1CCN(c2c(F)cc(Nc3ncc4cc(C#N)c(=O)n(C5CCCC5)c4n3)cc2F)CC1.CS(=O)c1ncc2cc(C#N)c(=O)n(C3CCCC3)c2n1.N#Cc1cc2cnc(Nc3cc(F)c(N4CCNCC4)c(F)c3)nc2n(C2CCCC2)c1=O. The summed E-state index contributed by atoms with van der Waals surface area (Å²) in [5.74, 6) is -4.06. The summed E-state index contributed by atoms with van der Waals surface area (Å²) in [5, 5.41) is 38.7. The molecule has 3 aromatic carbocycles. The fourth-order valence-electron chi connectivity index (χ4n) is 15.1. The van der Waals surface area contributed by atoms with Crippen LogP contribution in [0, 0.1) is 68.9 Å². The van der Waals surface area contributed by atoms with Gasteiger partial charge in [0.2, 0.25) is 17.1 Å². The number of nitrogens with one attached hydrogen (secondary N) is 3. The number of hydrogen-bond acceptors (Lipinski definition) is 24. The van der Waals surface area contributed by atoms with E-state index in [1.165, 1.54) is 65.0 Å². The monoisotopic (exact) mass is 1620 g/mol. The number of amides is 2. The average molecular weight is 1620 g/mol. The van der Waals surface area contributed by atoms with Crippen LogP contribution in [0.2, 0.25) is 0 Å². The van der Waals surface area contributed by atoms with Crippen LogP contribution in [0.25, 0.3) is 33.1 Å². The molecule has 15 rings (SSSR count). The lowest BCUT2D eigenvalue weighted by Gasteiger charge is -2.37. The van der Waals surface area contributed by atoms with Crippen LogP contribution in [-0.4, -0.2) is 166 Å². The van der Waals surface area contributed by atoms with Gasteiger partial charge in [-0.15, -0.1) is 0 Å². The molecule has 1 atom stereocenters. The number of rotatable bonds is 11. The second-order valence-corrected chi connectivity index (χ2v) is 32.3. The number of benzene rings is 3. The van der Waals surface area contributed by atoms with Crippen LogP contribution in [0.4, 0.5) is 82.0 Å². The molecule has 116 heavy (non-hydrogen) atoms. The van der Waals surface area contributed by atoms with E-state index in [0.717, 1.165) is 101 Å². The van der Waals surface area contributed by atoms with Crippen LogP contribution in [0.5, 0.6) is 0 Å². The number of hydrogen-bond donors (Lipinski definition) is 4. The molecule has 0 radical (unpaired) electrons. The summed E-state index contributed by atoms with van der Waals surface area (Å²) in [7, 11) is -1.31. The number of piperazine rings is 3. The Morgan fingerprint density at radius 3 is 1.09 bits per heavy atom. The van der Waals surface area contributed by atoms with Gasteiger partial charge in [-0.05, 0) is 135 Å².